The highest BCUT2D eigenvalue weighted by molar-refractivity contribution is 6.33. The molecule has 0 aliphatic heterocycles. The number of hydrogen-bond acceptors (Lipinski definition) is 3. The fraction of sp³-hybridized carbons (Fsp3) is 0.385. The minimum Gasteiger partial charge on any atom is -0.327 e. The Hall–Kier alpha value is -1.57. The summed E-state index contributed by atoms with van der Waals surface area (Å²) in [5.74, 6) is 0.0323. The van der Waals surface area contributed by atoms with Gasteiger partial charge in [-0.2, -0.15) is 5.26 Å². The molecule has 0 bridgehead atoms. The molecule has 0 fully saturated rings. The largest absolute Gasteiger partial charge is 0.327 e. The molecular weight excluding hydrogens is 250 g/mol. The van der Waals surface area contributed by atoms with Gasteiger partial charge in [0, 0.05) is 12.5 Å². The number of amides is 1. The summed E-state index contributed by atoms with van der Waals surface area (Å²) in [6, 6.07) is 6.52. The van der Waals surface area contributed by atoms with E-state index in [-0.39, 0.29) is 24.3 Å². The molecule has 1 aromatic rings. The van der Waals surface area contributed by atoms with E-state index in [9.17, 15) is 4.79 Å². The third kappa shape index (κ3) is 4.02. The second kappa shape index (κ2) is 6.39. The molecule has 4 nitrogen and oxygen atoms in total. The zero-order valence-electron chi connectivity index (χ0n) is 10.4. The minimum absolute atomic E-state index is 0.192. The third-order valence-electron chi connectivity index (χ3n) is 2.65. The molecule has 1 aromatic carbocycles. The zero-order valence-corrected chi connectivity index (χ0v) is 11.2. The van der Waals surface area contributed by atoms with E-state index in [0.29, 0.717) is 16.3 Å². The number of benzene rings is 1. The van der Waals surface area contributed by atoms with Gasteiger partial charge in [0.05, 0.1) is 22.3 Å². The van der Waals surface area contributed by atoms with Crippen LogP contribution in [0.25, 0.3) is 0 Å². The smallest absolute Gasteiger partial charge is 0.225 e. The van der Waals surface area contributed by atoms with Crippen LogP contribution in [0.4, 0.5) is 5.69 Å². The van der Waals surface area contributed by atoms with Crippen LogP contribution in [0.2, 0.25) is 5.02 Å². The molecule has 5 heteroatoms. The normalized spacial score (nSPS) is 12.0. The molecule has 18 heavy (non-hydrogen) atoms. The van der Waals surface area contributed by atoms with Crippen LogP contribution in [0, 0.1) is 17.2 Å². The Kier molecular flexibility index (Phi) is 5.14. The summed E-state index contributed by atoms with van der Waals surface area (Å²) >= 11 is 5.94. The number of rotatable bonds is 4. The molecule has 0 aliphatic rings. The van der Waals surface area contributed by atoms with Crippen molar-refractivity contribution in [3.8, 4) is 6.07 Å². The first-order valence-corrected chi connectivity index (χ1v) is 6.07. The summed E-state index contributed by atoms with van der Waals surface area (Å²) in [6.45, 7) is 3.92. The first kappa shape index (κ1) is 14.5. The number of nitriles is 1. The number of hydrogen-bond donors (Lipinski definition) is 2. The maximum atomic E-state index is 11.7. The number of nitrogens with two attached hydrogens (primary N) is 1. The predicted molar refractivity (Wildman–Crippen MR) is 72.2 cm³/mol. The van der Waals surface area contributed by atoms with Gasteiger partial charge in [-0.3, -0.25) is 4.79 Å². The fourth-order valence-corrected chi connectivity index (χ4v) is 1.51. The summed E-state index contributed by atoms with van der Waals surface area (Å²) in [4.78, 5) is 11.7. The van der Waals surface area contributed by atoms with Crippen molar-refractivity contribution in [1.82, 2.24) is 0 Å². The van der Waals surface area contributed by atoms with Crippen LogP contribution in [0.5, 0.6) is 0 Å². The van der Waals surface area contributed by atoms with Gasteiger partial charge in [-0.15, -0.1) is 0 Å². The van der Waals surface area contributed by atoms with E-state index in [0.717, 1.165) is 0 Å². The van der Waals surface area contributed by atoms with Crippen LogP contribution in [0.15, 0.2) is 18.2 Å². The average Bonchev–Trinajstić information content (AvgIpc) is 2.31. The lowest BCUT2D eigenvalue weighted by Crippen LogP contribution is -2.31. The van der Waals surface area contributed by atoms with E-state index in [4.69, 9.17) is 22.6 Å². The van der Waals surface area contributed by atoms with E-state index in [1.807, 2.05) is 19.9 Å². The van der Waals surface area contributed by atoms with E-state index in [1.54, 1.807) is 18.2 Å². The lowest BCUT2D eigenvalue weighted by Gasteiger charge is -2.15. The van der Waals surface area contributed by atoms with Gasteiger partial charge in [-0.25, -0.2) is 0 Å². The quantitative estimate of drug-likeness (QED) is 0.878. The zero-order chi connectivity index (χ0) is 13.7. The van der Waals surface area contributed by atoms with Crippen LogP contribution in [-0.2, 0) is 4.79 Å². The predicted octanol–water partition coefficient (Wildman–Crippen LogP) is 2.52. The van der Waals surface area contributed by atoms with Gasteiger partial charge in [0.1, 0.15) is 0 Å². The van der Waals surface area contributed by atoms with Gasteiger partial charge in [0.2, 0.25) is 5.91 Å². The Labute approximate surface area is 112 Å². The van der Waals surface area contributed by atoms with Crippen molar-refractivity contribution in [3.05, 3.63) is 28.8 Å². The van der Waals surface area contributed by atoms with Crippen LogP contribution >= 0.6 is 11.6 Å². The van der Waals surface area contributed by atoms with Crippen molar-refractivity contribution in [2.75, 3.05) is 5.32 Å². The molecule has 1 unspecified atom stereocenters. The Morgan fingerprint density at radius 1 is 1.56 bits per heavy atom. The maximum Gasteiger partial charge on any atom is 0.225 e. The lowest BCUT2D eigenvalue weighted by atomic mass is 10.0. The summed E-state index contributed by atoms with van der Waals surface area (Å²) < 4.78 is 0. The summed E-state index contributed by atoms with van der Waals surface area (Å²) in [7, 11) is 0. The van der Waals surface area contributed by atoms with Gasteiger partial charge >= 0.3 is 0 Å². The molecule has 3 N–H and O–H groups in total. The highest BCUT2D eigenvalue weighted by atomic mass is 35.5. The number of nitrogens with one attached hydrogen (secondary N) is 1. The molecule has 1 atom stereocenters. The highest BCUT2D eigenvalue weighted by Crippen LogP contribution is 2.23. The maximum absolute atomic E-state index is 11.7. The molecule has 0 aromatic heterocycles. The molecule has 0 spiro atoms. The lowest BCUT2D eigenvalue weighted by molar-refractivity contribution is -0.116. The van der Waals surface area contributed by atoms with Crippen molar-refractivity contribution in [2.45, 2.75) is 26.3 Å². The highest BCUT2D eigenvalue weighted by Gasteiger charge is 2.14. The number of carbonyl (C=O) groups excluding carboxylic acids is 1. The standard InChI is InChI=1S/C13H16ClN3O/c1-8(2)11(16)6-13(18)17-12-5-9(7-15)3-4-10(12)14/h3-5,8,11H,6,16H2,1-2H3,(H,17,18). The Morgan fingerprint density at radius 2 is 2.22 bits per heavy atom. The number of carbonyl (C=O) groups is 1. The first-order valence-electron chi connectivity index (χ1n) is 5.69. The average molecular weight is 266 g/mol. The molecule has 96 valence electrons. The number of anilines is 1. The molecule has 0 heterocycles. The van der Waals surface area contributed by atoms with Crippen molar-refractivity contribution >= 4 is 23.2 Å². The van der Waals surface area contributed by atoms with Gasteiger partial charge in [-0.05, 0) is 24.1 Å². The van der Waals surface area contributed by atoms with E-state index in [1.165, 1.54) is 0 Å². The molecular formula is C13H16ClN3O. The fourth-order valence-electron chi connectivity index (χ4n) is 1.34. The Balaban J connectivity index is 2.73. The molecule has 0 saturated carbocycles. The molecule has 0 radical (unpaired) electrons. The molecule has 0 saturated heterocycles. The molecule has 1 amide bonds. The third-order valence-corrected chi connectivity index (χ3v) is 2.98. The summed E-state index contributed by atoms with van der Waals surface area (Å²) in [5.41, 5.74) is 6.71. The van der Waals surface area contributed by atoms with E-state index >= 15 is 0 Å². The second-order valence-corrected chi connectivity index (χ2v) is 4.87. The number of nitrogens with zero attached hydrogens (tertiary/aromatic N) is 1. The van der Waals surface area contributed by atoms with Crippen molar-refractivity contribution in [2.24, 2.45) is 11.7 Å². The van der Waals surface area contributed by atoms with Gasteiger partial charge in [0.15, 0.2) is 0 Å². The van der Waals surface area contributed by atoms with Crippen LogP contribution in [0.1, 0.15) is 25.8 Å². The minimum atomic E-state index is -0.201. The first-order chi connectivity index (χ1) is 8.43. The SMILES string of the molecule is CC(C)C(N)CC(=O)Nc1cc(C#N)ccc1Cl. The van der Waals surface area contributed by atoms with Gasteiger partial charge < -0.3 is 11.1 Å². The van der Waals surface area contributed by atoms with Crippen LogP contribution in [0.3, 0.4) is 0 Å². The van der Waals surface area contributed by atoms with Crippen molar-refractivity contribution < 1.29 is 4.79 Å². The summed E-state index contributed by atoms with van der Waals surface area (Å²) in [5, 5.41) is 11.9. The Morgan fingerprint density at radius 3 is 2.78 bits per heavy atom. The monoisotopic (exact) mass is 265 g/mol. The second-order valence-electron chi connectivity index (χ2n) is 4.47. The summed E-state index contributed by atoms with van der Waals surface area (Å²) in [6.07, 6.45) is 0.227. The van der Waals surface area contributed by atoms with Crippen molar-refractivity contribution in [1.29, 1.82) is 5.26 Å². The van der Waals surface area contributed by atoms with Gasteiger partial charge in [-0.1, -0.05) is 25.4 Å². The molecule has 1 rings (SSSR count). The van der Waals surface area contributed by atoms with Crippen molar-refractivity contribution in [3.63, 3.8) is 0 Å². The Bertz CT molecular complexity index is 480. The van der Waals surface area contributed by atoms with Crippen LogP contribution < -0.4 is 11.1 Å². The topological polar surface area (TPSA) is 78.9 Å². The van der Waals surface area contributed by atoms with Crippen LogP contribution in [-0.4, -0.2) is 11.9 Å². The van der Waals surface area contributed by atoms with E-state index in [2.05, 4.69) is 5.32 Å². The number of halogens is 1. The molecule has 0 aliphatic carbocycles. The van der Waals surface area contributed by atoms with Gasteiger partial charge in [0.25, 0.3) is 0 Å². The van der Waals surface area contributed by atoms with E-state index < -0.39 is 0 Å².